The average molecular weight is 476 g/mol. The van der Waals surface area contributed by atoms with Crippen molar-refractivity contribution in [2.75, 3.05) is 13.7 Å². The molecule has 0 aromatic heterocycles. The smallest absolute Gasteiger partial charge is 0.493 e. The van der Waals surface area contributed by atoms with Crippen LogP contribution in [-0.4, -0.2) is 38.0 Å². The molecule has 0 aliphatic rings. The van der Waals surface area contributed by atoms with Gasteiger partial charge in [0.1, 0.15) is 11.5 Å². The number of ether oxygens (including phenoxy) is 2. The molecule has 0 spiro atoms. The van der Waals surface area contributed by atoms with Crippen molar-refractivity contribution in [2.24, 2.45) is 5.73 Å². The Morgan fingerprint density at radius 1 is 0.970 bits per heavy atom. The average Bonchev–Trinajstić information content (AvgIpc) is 2.70. The van der Waals surface area contributed by atoms with Gasteiger partial charge in [0.2, 0.25) is 5.91 Å². The molecule has 0 bridgehead atoms. The Kier molecular flexibility index (Phi) is 7.96. The minimum absolute atomic E-state index is 0.0398. The molecule has 178 valence electrons. The van der Waals surface area contributed by atoms with Crippen LogP contribution in [0.5, 0.6) is 11.5 Å². The highest BCUT2D eigenvalue weighted by Gasteiger charge is 2.31. The minimum atomic E-state index is -4.88. The predicted octanol–water partition coefficient (Wildman–Crippen LogP) is 4.30. The van der Waals surface area contributed by atoms with Crippen LogP contribution in [0.25, 0.3) is 11.6 Å². The number of amides is 2. The number of nitrogens with two attached hydrogens (primary N) is 1. The summed E-state index contributed by atoms with van der Waals surface area (Å²) in [6.07, 6.45) is -9.28. The van der Waals surface area contributed by atoms with Crippen molar-refractivity contribution in [3.05, 3.63) is 59.2 Å². The second-order valence-electron chi connectivity index (χ2n) is 6.54. The molecule has 0 saturated heterocycles. The van der Waals surface area contributed by atoms with Crippen molar-refractivity contribution in [1.82, 2.24) is 5.32 Å². The summed E-state index contributed by atoms with van der Waals surface area (Å²) in [7, 11) is 1.30. The first-order valence-corrected chi connectivity index (χ1v) is 9.22. The molecule has 2 aromatic carbocycles. The van der Waals surface area contributed by atoms with Gasteiger partial charge in [0, 0.05) is 23.7 Å². The van der Waals surface area contributed by atoms with E-state index in [1.807, 2.05) is 0 Å². The second kappa shape index (κ2) is 10.3. The Morgan fingerprint density at radius 3 is 2.09 bits per heavy atom. The van der Waals surface area contributed by atoms with Crippen LogP contribution in [0.2, 0.25) is 0 Å². The Hall–Kier alpha value is -3.70. The number of nitrogens with one attached hydrogen (secondary N) is 1. The summed E-state index contributed by atoms with van der Waals surface area (Å²) in [5, 5.41) is 2.35. The maximum Gasteiger partial charge on any atom is 0.573 e. The molecule has 12 heteroatoms. The van der Waals surface area contributed by atoms with Crippen LogP contribution in [0.15, 0.2) is 42.5 Å². The maximum absolute atomic E-state index is 12.5. The van der Waals surface area contributed by atoms with Crippen molar-refractivity contribution in [3.8, 4) is 11.5 Å². The van der Waals surface area contributed by atoms with Gasteiger partial charge in [-0.2, -0.15) is 13.2 Å². The number of hydrogen-bond donors (Lipinski definition) is 2. The van der Waals surface area contributed by atoms with E-state index >= 15 is 0 Å². The molecule has 0 saturated carbocycles. The number of benzene rings is 2. The highest BCUT2D eigenvalue weighted by molar-refractivity contribution is 6.26. The summed E-state index contributed by atoms with van der Waals surface area (Å²) < 4.78 is 83.0. The number of halogens is 6. The molecule has 0 fully saturated rings. The zero-order chi connectivity index (χ0) is 24.8. The third-order valence-corrected chi connectivity index (χ3v) is 4.10. The third-order valence-electron chi connectivity index (χ3n) is 4.10. The van der Waals surface area contributed by atoms with Crippen molar-refractivity contribution >= 4 is 23.5 Å². The number of rotatable bonds is 8. The normalized spacial score (nSPS) is 12.3. The molecule has 2 aromatic rings. The molecule has 2 rings (SSSR count). The highest BCUT2D eigenvalue weighted by atomic mass is 19.4. The number of hydrogen-bond acceptors (Lipinski definition) is 4. The zero-order valence-corrected chi connectivity index (χ0v) is 17.0. The number of primary amides is 1. The molecule has 0 unspecified atom stereocenters. The summed E-state index contributed by atoms with van der Waals surface area (Å²) in [6.45, 7) is -0.696. The van der Waals surface area contributed by atoms with Gasteiger partial charge in [-0.1, -0.05) is 12.1 Å². The van der Waals surface area contributed by atoms with Gasteiger partial charge in [-0.05, 0) is 42.0 Å². The maximum atomic E-state index is 12.5. The van der Waals surface area contributed by atoms with E-state index in [-0.39, 0.29) is 28.0 Å². The Balaban J connectivity index is 2.46. The predicted molar refractivity (Wildman–Crippen MR) is 106 cm³/mol. The van der Waals surface area contributed by atoms with Gasteiger partial charge in [0.25, 0.3) is 5.91 Å². The molecule has 0 atom stereocenters. The van der Waals surface area contributed by atoms with E-state index in [1.165, 1.54) is 43.5 Å². The summed E-state index contributed by atoms with van der Waals surface area (Å²) in [5.41, 5.74) is 5.34. The molecule has 0 aliphatic heterocycles. The Labute approximate surface area is 184 Å². The van der Waals surface area contributed by atoms with Crippen molar-refractivity contribution in [2.45, 2.75) is 19.0 Å². The van der Waals surface area contributed by atoms with Gasteiger partial charge >= 0.3 is 12.5 Å². The fourth-order valence-electron chi connectivity index (χ4n) is 2.67. The SMILES string of the molecule is CNC(=O)/C(=C\c1ccc(OC(F)(F)F)cc1)c1cc(OCCC(F)(F)F)ccc1C(N)=O. The minimum Gasteiger partial charge on any atom is -0.493 e. The lowest BCUT2D eigenvalue weighted by Crippen LogP contribution is -2.22. The number of likely N-dealkylation sites (N-methyl/N-ethyl adjacent to an activating group) is 1. The van der Waals surface area contributed by atoms with E-state index in [9.17, 15) is 35.9 Å². The zero-order valence-electron chi connectivity index (χ0n) is 17.0. The summed E-state index contributed by atoms with van der Waals surface area (Å²) in [5.74, 6) is -2.15. The first-order valence-electron chi connectivity index (χ1n) is 9.22. The second-order valence-corrected chi connectivity index (χ2v) is 6.54. The lowest BCUT2D eigenvalue weighted by molar-refractivity contribution is -0.274. The van der Waals surface area contributed by atoms with E-state index in [2.05, 4.69) is 10.1 Å². The summed E-state index contributed by atoms with van der Waals surface area (Å²) in [6, 6.07) is 8.11. The van der Waals surface area contributed by atoms with Crippen LogP contribution in [0.4, 0.5) is 26.3 Å². The van der Waals surface area contributed by atoms with Crippen molar-refractivity contribution in [3.63, 3.8) is 0 Å². The molecule has 0 aliphatic carbocycles. The van der Waals surface area contributed by atoms with E-state index in [1.54, 1.807) is 0 Å². The van der Waals surface area contributed by atoms with Crippen LogP contribution in [0, 0.1) is 0 Å². The quantitative estimate of drug-likeness (QED) is 0.338. The summed E-state index contributed by atoms with van der Waals surface area (Å²) >= 11 is 0. The topological polar surface area (TPSA) is 90.7 Å². The van der Waals surface area contributed by atoms with Gasteiger partial charge in [-0.3, -0.25) is 9.59 Å². The highest BCUT2D eigenvalue weighted by Crippen LogP contribution is 2.29. The van der Waals surface area contributed by atoms with Crippen LogP contribution >= 0.6 is 0 Å². The molecule has 0 radical (unpaired) electrons. The van der Waals surface area contributed by atoms with Gasteiger partial charge < -0.3 is 20.5 Å². The van der Waals surface area contributed by atoms with Gasteiger partial charge in [-0.15, -0.1) is 13.2 Å². The Bertz CT molecular complexity index is 1030. The first-order chi connectivity index (χ1) is 15.3. The lowest BCUT2D eigenvalue weighted by atomic mass is 9.96. The van der Waals surface area contributed by atoms with E-state index < -0.39 is 43.1 Å². The van der Waals surface area contributed by atoms with Gasteiger partial charge in [0.05, 0.1) is 13.0 Å². The van der Waals surface area contributed by atoms with Gasteiger partial charge in [0.15, 0.2) is 0 Å². The first kappa shape index (κ1) is 25.6. The fraction of sp³-hybridized carbons (Fsp3) is 0.238. The standard InChI is InChI=1S/C21H18F6N2O4/c1-29-19(31)17(10-12-2-4-13(5-3-12)33-21(25,26)27)16-11-14(6-7-15(16)18(28)30)32-9-8-20(22,23)24/h2-7,10-11H,8-9H2,1H3,(H2,28,30)(H,29,31)/b17-10-. The molecular weight excluding hydrogens is 458 g/mol. The van der Waals surface area contributed by atoms with Gasteiger partial charge in [-0.25, -0.2) is 0 Å². The molecule has 2 amide bonds. The number of alkyl halides is 6. The van der Waals surface area contributed by atoms with Crippen LogP contribution in [0.1, 0.15) is 27.9 Å². The van der Waals surface area contributed by atoms with Crippen molar-refractivity contribution in [1.29, 1.82) is 0 Å². The van der Waals surface area contributed by atoms with Crippen molar-refractivity contribution < 1.29 is 45.4 Å². The largest absolute Gasteiger partial charge is 0.573 e. The fourth-order valence-corrected chi connectivity index (χ4v) is 2.67. The third kappa shape index (κ3) is 8.05. The number of carbonyl (C=O) groups excluding carboxylic acids is 2. The van der Waals surface area contributed by atoms with Crippen LogP contribution < -0.4 is 20.5 Å². The molecule has 6 nitrogen and oxygen atoms in total. The molecule has 3 N–H and O–H groups in total. The van der Waals surface area contributed by atoms with E-state index in [4.69, 9.17) is 10.5 Å². The molecule has 33 heavy (non-hydrogen) atoms. The van der Waals surface area contributed by atoms with E-state index in [0.717, 1.165) is 12.1 Å². The summed E-state index contributed by atoms with van der Waals surface area (Å²) in [4.78, 5) is 24.4. The lowest BCUT2D eigenvalue weighted by Gasteiger charge is -2.14. The monoisotopic (exact) mass is 476 g/mol. The van der Waals surface area contributed by atoms with Crippen LogP contribution in [-0.2, 0) is 4.79 Å². The Morgan fingerprint density at radius 2 is 1.58 bits per heavy atom. The van der Waals surface area contributed by atoms with E-state index in [0.29, 0.717) is 0 Å². The number of carbonyl (C=O) groups is 2. The molecule has 0 heterocycles. The molecular formula is C21H18F6N2O4. The van der Waals surface area contributed by atoms with Crippen LogP contribution in [0.3, 0.4) is 0 Å².